The van der Waals surface area contributed by atoms with Gasteiger partial charge >= 0.3 is 5.97 Å². The number of aryl methyl sites for hydroxylation is 1. The van der Waals surface area contributed by atoms with E-state index < -0.39 is 5.97 Å². The molecule has 21 heavy (non-hydrogen) atoms. The maximum Gasteiger partial charge on any atom is 0.336 e. The number of fused-ring (bicyclic) bond motifs is 4. The zero-order chi connectivity index (χ0) is 14.6. The third kappa shape index (κ3) is 1.86. The van der Waals surface area contributed by atoms with E-state index in [0.717, 1.165) is 47.2 Å². The van der Waals surface area contributed by atoms with Crippen LogP contribution >= 0.6 is 0 Å². The third-order valence-electron chi connectivity index (χ3n) is 4.78. The highest BCUT2D eigenvalue weighted by atomic mass is 16.4. The van der Waals surface area contributed by atoms with Crippen LogP contribution in [0.15, 0.2) is 18.2 Å². The molecule has 4 heteroatoms. The molecule has 0 aliphatic carbocycles. The first-order chi connectivity index (χ1) is 10.1. The molecular formula is C17H18N2O2. The second-order valence-corrected chi connectivity index (χ2v) is 6.16. The third-order valence-corrected chi connectivity index (χ3v) is 4.78. The highest BCUT2D eigenvalue weighted by Crippen LogP contribution is 2.42. The van der Waals surface area contributed by atoms with Crippen LogP contribution in [0.4, 0.5) is 0 Å². The molecule has 1 fully saturated rings. The van der Waals surface area contributed by atoms with Crippen LogP contribution in [0.2, 0.25) is 0 Å². The van der Waals surface area contributed by atoms with E-state index in [-0.39, 0.29) is 0 Å². The summed E-state index contributed by atoms with van der Waals surface area (Å²) < 4.78 is 0. The first-order valence-electron chi connectivity index (χ1n) is 7.55. The number of carbonyl (C=O) groups is 1. The molecule has 0 saturated carbocycles. The number of hydrogen-bond acceptors (Lipinski definition) is 3. The quantitative estimate of drug-likeness (QED) is 0.872. The Hall–Kier alpha value is -1.94. The predicted molar refractivity (Wildman–Crippen MR) is 80.4 cm³/mol. The lowest BCUT2D eigenvalue weighted by atomic mass is 9.97. The Morgan fingerprint density at radius 1 is 1.38 bits per heavy atom. The van der Waals surface area contributed by atoms with E-state index in [2.05, 4.69) is 4.90 Å². The van der Waals surface area contributed by atoms with Crippen LogP contribution in [-0.4, -0.2) is 27.5 Å². The first-order valence-corrected chi connectivity index (χ1v) is 7.55. The molecule has 4 rings (SSSR count). The molecule has 0 amide bonds. The van der Waals surface area contributed by atoms with Gasteiger partial charge in [0.25, 0.3) is 0 Å². The summed E-state index contributed by atoms with van der Waals surface area (Å²) in [5.41, 5.74) is 4.29. The minimum atomic E-state index is -0.830. The van der Waals surface area contributed by atoms with Crippen molar-refractivity contribution < 1.29 is 9.90 Å². The van der Waals surface area contributed by atoms with E-state index in [1.165, 1.54) is 12.8 Å². The zero-order valence-corrected chi connectivity index (χ0v) is 12.1. The normalized spacial score (nSPS) is 21.3. The molecule has 1 aromatic carbocycles. The molecule has 1 N–H and O–H groups in total. The monoisotopic (exact) mass is 282 g/mol. The van der Waals surface area contributed by atoms with Crippen molar-refractivity contribution in [3.05, 3.63) is 40.6 Å². The summed E-state index contributed by atoms with van der Waals surface area (Å²) in [6, 6.07) is 6.21. The fourth-order valence-corrected chi connectivity index (χ4v) is 3.81. The number of aromatic nitrogens is 1. The summed E-state index contributed by atoms with van der Waals surface area (Å²) in [7, 11) is 0. The van der Waals surface area contributed by atoms with E-state index in [4.69, 9.17) is 4.98 Å². The number of benzene rings is 1. The van der Waals surface area contributed by atoms with Gasteiger partial charge in [-0.2, -0.15) is 0 Å². The van der Waals surface area contributed by atoms with Gasteiger partial charge in [0.15, 0.2) is 0 Å². The molecule has 3 heterocycles. The minimum absolute atomic E-state index is 0.317. The molecule has 0 spiro atoms. The maximum atomic E-state index is 11.8. The van der Waals surface area contributed by atoms with Crippen LogP contribution in [0.3, 0.4) is 0 Å². The van der Waals surface area contributed by atoms with Gasteiger partial charge in [-0.25, -0.2) is 4.79 Å². The number of carboxylic acids is 1. The molecule has 1 aromatic heterocycles. The number of rotatable bonds is 1. The lowest BCUT2D eigenvalue weighted by Crippen LogP contribution is -2.27. The first kappa shape index (κ1) is 12.8. The number of pyridine rings is 1. The Bertz CT molecular complexity index is 754. The largest absolute Gasteiger partial charge is 0.478 e. The topological polar surface area (TPSA) is 53.4 Å². The van der Waals surface area contributed by atoms with Crippen LogP contribution in [0, 0.1) is 6.92 Å². The van der Waals surface area contributed by atoms with Crippen molar-refractivity contribution in [1.29, 1.82) is 0 Å². The fraction of sp³-hybridized carbons (Fsp3) is 0.412. The second kappa shape index (κ2) is 4.53. The van der Waals surface area contributed by atoms with Crippen LogP contribution in [0.5, 0.6) is 0 Å². The number of carboxylic acid groups (broad SMARTS) is 1. The number of aromatic carboxylic acids is 1. The number of hydrogen-bond donors (Lipinski definition) is 1. The van der Waals surface area contributed by atoms with Crippen LogP contribution < -0.4 is 0 Å². The summed E-state index contributed by atoms with van der Waals surface area (Å²) in [4.78, 5) is 19.1. The van der Waals surface area contributed by atoms with Crippen LogP contribution in [0.25, 0.3) is 10.9 Å². The number of nitrogens with zero attached hydrogens (tertiary/aromatic N) is 2. The van der Waals surface area contributed by atoms with Gasteiger partial charge in [0.05, 0.1) is 22.8 Å². The van der Waals surface area contributed by atoms with Crippen molar-refractivity contribution in [3.63, 3.8) is 0 Å². The lowest BCUT2D eigenvalue weighted by molar-refractivity contribution is 0.0697. The Morgan fingerprint density at radius 3 is 3.05 bits per heavy atom. The van der Waals surface area contributed by atoms with Gasteiger partial charge in [-0.15, -0.1) is 0 Å². The molecule has 2 aliphatic heterocycles. The molecule has 0 radical (unpaired) electrons. The molecule has 2 aliphatic rings. The average molecular weight is 282 g/mol. The fourth-order valence-electron chi connectivity index (χ4n) is 3.81. The van der Waals surface area contributed by atoms with E-state index in [9.17, 15) is 9.90 Å². The molecule has 4 nitrogen and oxygen atoms in total. The highest BCUT2D eigenvalue weighted by molar-refractivity contribution is 6.04. The van der Waals surface area contributed by atoms with Crippen molar-refractivity contribution in [2.24, 2.45) is 0 Å². The standard InChI is InChI=1S/C17H18N2O2/c1-10-5-6-13-11(8-10)15(17(20)21)12-9-19-7-3-2-4-14(19)16(12)18-13/h5-6,8,14H,2-4,7,9H2,1H3,(H,20,21). The molecule has 1 unspecified atom stereocenters. The average Bonchev–Trinajstić information content (AvgIpc) is 2.82. The van der Waals surface area contributed by atoms with Crippen LogP contribution in [-0.2, 0) is 6.54 Å². The Labute approximate surface area is 123 Å². The Balaban J connectivity index is 2.01. The summed E-state index contributed by atoms with van der Waals surface area (Å²) >= 11 is 0. The zero-order valence-electron chi connectivity index (χ0n) is 12.1. The summed E-state index contributed by atoms with van der Waals surface area (Å²) in [6.45, 7) is 3.77. The highest BCUT2D eigenvalue weighted by Gasteiger charge is 2.36. The van der Waals surface area contributed by atoms with Crippen molar-refractivity contribution in [2.75, 3.05) is 6.54 Å². The Kier molecular flexibility index (Phi) is 2.76. The van der Waals surface area contributed by atoms with Crippen molar-refractivity contribution in [2.45, 2.75) is 38.8 Å². The van der Waals surface area contributed by atoms with Gasteiger partial charge in [0.2, 0.25) is 0 Å². The summed E-state index contributed by atoms with van der Waals surface area (Å²) in [5.74, 6) is -0.830. The lowest BCUT2D eigenvalue weighted by Gasteiger charge is -2.28. The molecule has 1 saturated heterocycles. The van der Waals surface area contributed by atoms with Gasteiger partial charge in [-0.05, 0) is 38.4 Å². The molecule has 108 valence electrons. The smallest absolute Gasteiger partial charge is 0.336 e. The van der Waals surface area contributed by atoms with Crippen molar-refractivity contribution >= 4 is 16.9 Å². The SMILES string of the molecule is Cc1ccc2nc3c(c(C(=O)O)c2c1)CN1CCCCC31. The summed E-state index contributed by atoms with van der Waals surface area (Å²) in [6.07, 6.45) is 3.50. The predicted octanol–water partition coefficient (Wildman–Crippen LogP) is 3.28. The molecular weight excluding hydrogens is 264 g/mol. The minimum Gasteiger partial charge on any atom is -0.478 e. The van der Waals surface area contributed by atoms with Crippen LogP contribution in [0.1, 0.15) is 52.5 Å². The molecule has 2 aromatic rings. The second-order valence-electron chi connectivity index (χ2n) is 6.16. The molecule has 0 bridgehead atoms. The van der Waals surface area contributed by atoms with E-state index in [1.54, 1.807) is 0 Å². The van der Waals surface area contributed by atoms with E-state index in [1.807, 2.05) is 25.1 Å². The van der Waals surface area contributed by atoms with Crippen molar-refractivity contribution in [1.82, 2.24) is 9.88 Å². The summed E-state index contributed by atoms with van der Waals surface area (Å²) in [5, 5.41) is 10.5. The number of piperidine rings is 1. The maximum absolute atomic E-state index is 11.8. The van der Waals surface area contributed by atoms with E-state index in [0.29, 0.717) is 11.6 Å². The van der Waals surface area contributed by atoms with Gasteiger partial charge < -0.3 is 5.11 Å². The van der Waals surface area contributed by atoms with Crippen molar-refractivity contribution in [3.8, 4) is 0 Å². The van der Waals surface area contributed by atoms with Gasteiger partial charge in [-0.1, -0.05) is 18.1 Å². The van der Waals surface area contributed by atoms with E-state index >= 15 is 0 Å². The molecule has 1 atom stereocenters. The Morgan fingerprint density at radius 2 is 2.24 bits per heavy atom. The van der Waals surface area contributed by atoms with Gasteiger partial charge in [-0.3, -0.25) is 9.88 Å². The van der Waals surface area contributed by atoms with Gasteiger partial charge in [0.1, 0.15) is 0 Å². The van der Waals surface area contributed by atoms with Gasteiger partial charge in [0, 0.05) is 17.5 Å².